The molecule has 0 bridgehead atoms. The summed E-state index contributed by atoms with van der Waals surface area (Å²) in [4.78, 5) is 20.7. The number of hydrogen-bond acceptors (Lipinski definition) is 7. The molecule has 4 rings (SSSR count). The fraction of sp³-hybridized carbons (Fsp3) is 0.125. The third kappa shape index (κ3) is 5.28. The third-order valence-corrected chi connectivity index (χ3v) is 5.56. The van der Waals surface area contributed by atoms with Crippen molar-refractivity contribution in [2.45, 2.75) is 5.16 Å². The summed E-state index contributed by atoms with van der Waals surface area (Å²) in [7, 11) is 1.62. The van der Waals surface area contributed by atoms with Crippen molar-refractivity contribution in [3.63, 3.8) is 0 Å². The number of aliphatic imine (C=N–C) groups is 1. The number of nitrogens with zero attached hydrogens (tertiary/aromatic N) is 5. The second-order valence-corrected chi connectivity index (χ2v) is 7.73. The van der Waals surface area contributed by atoms with E-state index in [0.717, 1.165) is 22.6 Å². The van der Waals surface area contributed by atoms with E-state index in [1.807, 2.05) is 71.3 Å². The molecule has 0 amide bonds. The highest BCUT2D eigenvalue weighted by atomic mass is 32.2. The van der Waals surface area contributed by atoms with Gasteiger partial charge in [-0.1, -0.05) is 30.0 Å². The van der Waals surface area contributed by atoms with Gasteiger partial charge in [0.05, 0.1) is 19.4 Å². The Bertz CT molecular complexity index is 1190. The Morgan fingerprint density at radius 3 is 2.50 bits per heavy atom. The maximum absolute atomic E-state index is 12.4. The van der Waals surface area contributed by atoms with Gasteiger partial charge in [-0.05, 0) is 54.1 Å². The summed E-state index contributed by atoms with van der Waals surface area (Å²) in [6.45, 7) is 0.107. The summed E-state index contributed by atoms with van der Waals surface area (Å²) in [5, 5.41) is 9.36. The lowest BCUT2D eigenvalue weighted by molar-refractivity contribution is -0.115. The Hall–Kier alpha value is -3.78. The Labute approximate surface area is 190 Å². The predicted molar refractivity (Wildman–Crippen MR) is 126 cm³/mol. The number of ketones is 1. The Morgan fingerprint density at radius 1 is 1.03 bits per heavy atom. The van der Waals surface area contributed by atoms with Crippen molar-refractivity contribution in [1.82, 2.24) is 19.7 Å². The van der Waals surface area contributed by atoms with Crippen molar-refractivity contribution in [2.75, 3.05) is 19.4 Å². The van der Waals surface area contributed by atoms with Crippen molar-refractivity contribution in [1.29, 1.82) is 0 Å². The standard InChI is InChI=1S/C24H21N5O2S/c1-31-22-9-7-18(8-10-22)15-26-16-21(30)17-32-24-28-27-23(19-11-13-25-14-12-19)29(24)20-5-3-2-4-6-20/h2-15H,16-17H2,1H3. The fourth-order valence-electron chi connectivity index (χ4n) is 2.99. The van der Waals surface area contributed by atoms with Crippen LogP contribution in [0.4, 0.5) is 0 Å². The smallest absolute Gasteiger partial charge is 0.196 e. The van der Waals surface area contributed by atoms with Gasteiger partial charge in [-0.25, -0.2) is 0 Å². The summed E-state index contributed by atoms with van der Waals surface area (Å²) in [5.74, 6) is 1.74. The lowest BCUT2D eigenvalue weighted by atomic mass is 10.2. The van der Waals surface area contributed by atoms with E-state index in [2.05, 4.69) is 20.2 Å². The molecule has 2 aromatic carbocycles. The lowest BCUT2D eigenvalue weighted by Crippen LogP contribution is -2.07. The van der Waals surface area contributed by atoms with E-state index >= 15 is 0 Å². The quantitative estimate of drug-likeness (QED) is 0.286. The molecule has 32 heavy (non-hydrogen) atoms. The van der Waals surface area contributed by atoms with Crippen LogP contribution in [0, 0.1) is 0 Å². The minimum atomic E-state index is 0.00725. The zero-order valence-corrected chi connectivity index (χ0v) is 18.3. The average molecular weight is 444 g/mol. The molecular formula is C24H21N5O2S. The number of aromatic nitrogens is 4. The van der Waals surface area contributed by atoms with E-state index in [1.54, 1.807) is 25.7 Å². The van der Waals surface area contributed by atoms with Crippen LogP contribution in [-0.2, 0) is 4.79 Å². The minimum Gasteiger partial charge on any atom is -0.497 e. The van der Waals surface area contributed by atoms with Gasteiger partial charge < -0.3 is 4.74 Å². The number of ether oxygens (including phenoxy) is 1. The number of pyridine rings is 1. The Balaban J connectivity index is 1.45. The zero-order chi connectivity index (χ0) is 22.2. The van der Waals surface area contributed by atoms with Gasteiger partial charge in [0.2, 0.25) is 0 Å². The molecular weight excluding hydrogens is 422 g/mol. The Morgan fingerprint density at radius 2 is 1.78 bits per heavy atom. The topological polar surface area (TPSA) is 82.3 Å². The van der Waals surface area contributed by atoms with Crippen LogP contribution >= 0.6 is 11.8 Å². The molecule has 0 spiro atoms. The van der Waals surface area contributed by atoms with E-state index in [0.29, 0.717) is 11.0 Å². The van der Waals surface area contributed by atoms with Gasteiger partial charge in [0.1, 0.15) is 5.75 Å². The van der Waals surface area contributed by atoms with Gasteiger partial charge in [-0.2, -0.15) is 0 Å². The molecule has 0 radical (unpaired) electrons. The van der Waals surface area contributed by atoms with Crippen molar-refractivity contribution < 1.29 is 9.53 Å². The zero-order valence-electron chi connectivity index (χ0n) is 17.5. The number of rotatable bonds is 9. The molecule has 0 fully saturated rings. The molecule has 2 heterocycles. The molecule has 7 nitrogen and oxygen atoms in total. The molecule has 4 aromatic rings. The fourth-order valence-corrected chi connectivity index (χ4v) is 3.80. The monoisotopic (exact) mass is 443 g/mol. The molecule has 0 saturated carbocycles. The number of hydrogen-bond donors (Lipinski definition) is 0. The molecule has 160 valence electrons. The van der Waals surface area contributed by atoms with Crippen LogP contribution in [0.3, 0.4) is 0 Å². The Kier molecular flexibility index (Phi) is 7.04. The average Bonchev–Trinajstić information content (AvgIpc) is 3.28. The van der Waals surface area contributed by atoms with Crippen LogP contribution in [0.5, 0.6) is 5.75 Å². The van der Waals surface area contributed by atoms with Gasteiger partial charge in [0.25, 0.3) is 0 Å². The van der Waals surface area contributed by atoms with Gasteiger partial charge in [0, 0.05) is 29.9 Å². The van der Waals surface area contributed by atoms with Crippen molar-refractivity contribution in [3.8, 4) is 22.8 Å². The summed E-state index contributed by atoms with van der Waals surface area (Å²) >= 11 is 1.35. The highest BCUT2D eigenvalue weighted by Gasteiger charge is 2.17. The normalized spacial score (nSPS) is 11.0. The number of methoxy groups -OCH3 is 1. The first-order chi connectivity index (χ1) is 15.7. The molecule has 0 unspecified atom stereocenters. The number of benzene rings is 2. The molecule has 0 aliphatic carbocycles. The van der Waals surface area contributed by atoms with Crippen LogP contribution in [0.1, 0.15) is 5.56 Å². The molecule has 0 aliphatic rings. The molecule has 2 aromatic heterocycles. The predicted octanol–water partition coefficient (Wildman–Crippen LogP) is 4.12. The van der Waals surface area contributed by atoms with Crippen LogP contribution in [0.15, 0.2) is 89.3 Å². The van der Waals surface area contributed by atoms with E-state index in [4.69, 9.17) is 4.74 Å². The largest absolute Gasteiger partial charge is 0.497 e. The summed E-state index contributed by atoms with van der Waals surface area (Å²) in [5.41, 5.74) is 2.74. The van der Waals surface area contributed by atoms with E-state index in [-0.39, 0.29) is 18.1 Å². The van der Waals surface area contributed by atoms with Gasteiger partial charge in [0.15, 0.2) is 16.8 Å². The number of para-hydroxylation sites is 1. The van der Waals surface area contributed by atoms with Gasteiger partial charge >= 0.3 is 0 Å². The summed E-state index contributed by atoms with van der Waals surface area (Å²) in [6.07, 6.45) is 5.13. The number of carbonyl (C=O) groups excluding carboxylic acids is 1. The molecule has 0 N–H and O–H groups in total. The van der Waals surface area contributed by atoms with Crippen LogP contribution in [0.25, 0.3) is 17.1 Å². The summed E-state index contributed by atoms with van der Waals surface area (Å²) in [6, 6.07) is 21.1. The second-order valence-electron chi connectivity index (χ2n) is 6.78. The van der Waals surface area contributed by atoms with Gasteiger partial charge in [-0.15, -0.1) is 10.2 Å². The third-order valence-electron chi connectivity index (χ3n) is 4.57. The first kappa shape index (κ1) is 21.5. The van der Waals surface area contributed by atoms with E-state index in [9.17, 15) is 4.79 Å². The number of carbonyl (C=O) groups is 1. The second kappa shape index (κ2) is 10.5. The van der Waals surface area contributed by atoms with Crippen molar-refractivity contribution in [2.24, 2.45) is 4.99 Å². The highest BCUT2D eigenvalue weighted by Crippen LogP contribution is 2.27. The van der Waals surface area contributed by atoms with E-state index in [1.165, 1.54) is 11.8 Å². The molecule has 0 aliphatic heterocycles. The first-order valence-electron chi connectivity index (χ1n) is 9.94. The minimum absolute atomic E-state index is 0.00725. The number of Topliss-reactive ketones (excluding diaryl/α,β-unsaturated/α-hetero) is 1. The number of thioether (sulfide) groups is 1. The van der Waals surface area contributed by atoms with Crippen LogP contribution < -0.4 is 4.74 Å². The van der Waals surface area contributed by atoms with Crippen molar-refractivity contribution in [3.05, 3.63) is 84.7 Å². The lowest BCUT2D eigenvalue weighted by Gasteiger charge is -2.09. The molecule has 0 saturated heterocycles. The maximum Gasteiger partial charge on any atom is 0.196 e. The SMILES string of the molecule is COc1ccc(C=NCC(=O)CSc2nnc(-c3ccncc3)n2-c2ccccc2)cc1. The summed E-state index contributed by atoms with van der Waals surface area (Å²) < 4.78 is 7.09. The van der Waals surface area contributed by atoms with Crippen LogP contribution in [-0.4, -0.2) is 51.2 Å². The molecule has 0 atom stereocenters. The highest BCUT2D eigenvalue weighted by molar-refractivity contribution is 7.99. The van der Waals surface area contributed by atoms with Crippen molar-refractivity contribution >= 4 is 23.8 Å². The van der Waals surface area contributed by atoms with Crippen LogP contribution in [0.2, 0.25) is 0 Å². The van der Waals surface area contributed by atoms with E-state index < -0.39 is 0 Å². The maximum atomic E-state index is 12.4. The first-order valence-corrected chi connectivity index (χ1v) is 10.9. The van der Waals surface area contributed by atoms with Gasteiger partial charge in [-0.3, -0.25) is 19.3 Å². The molecule has 8 heteroatoms.